The molecule has 0 aliphatic carbocycles. The van der Waals surface area contributed by atoms with Gasteiger partial charge in [-0.15, -0.1) is 0 Å². The fourth-order valence-electron chi connectivity index (χ4n) is 1.08. The van der Waals surface area contributed by atoms with Crippen molar-refractivity contribution in [3.63, 3.8) is 0 Å². The van der Waals surface area contributed by atoms with Crippen molar-refractivity contribution in [1.82, 2.24) is 0 Å². The van der Waals surface area contributed by atoms with E-state index in [1.54, 1.807) is 6.92 Å². The molecular formula is C10H14BeO. The summed E-state index contributed by atoms with van der Waals surface area (Å²) in [7, 11) is 0. The molecule has 0 radical (unpaired) electrons. The number of benzene rings is 1. The van der Waals surface area contributed by atoms with Gasteiger partial charge in [0, 0.05) is 6.42 Å². The van der Waals surface area contributed by atoms with Crippen molar-refractivity contribution in [3.05, 3.63) is 35.4 Å². The molecule has 0 aliphatic heterocycles. The van der Waals surface area contributed by atoms with E-state index < -0.39 is 0 Å². The van der Waals surface area contributed by atoms with Crippen LogP contribution in [0.15, 0.2) is 24.3 Å². The summed E-state index contributed by atoms with van der Waals surface area (Å²) in [4.78, 5) is 10.8. The van der Waals surface area contributed by atoms with Gasteiger partial charge in [-0.2, -0.15) is 0 Å². The van der Waals surface area contributed by atoms with Gasteiger partial charge in [0.15, 0.2) is 0 Å². The Labute approximate surface area is 77.0 Å². The second kappa shape index (κ2) is 4.84. The van der Waals surface area contributed by atoms with Crippen LogP contribution < -0.4 is 0 Å². The van der Waals surface area contributed by atoms with Gasteiger partial charge in [0.25, 0.3) is 0 Å². The number of ketones is 1. The van der Waals surface area contributed by atoms with Gasteiger partial charge in [-0.05, 0) is 25.0 Å². The summed E-state index contributed by atoms with van der Waals surface area (Å²) >= 11 is 0. The van der Waals surface area contributed by atoms with Crippen LogP contribution in [0, 0.1) is 6.92 Å². The number of hydrogen-bond donors (Lipinski definition) is 0. The van der Waals surface area contributed by atoms with Crippen LogP contribution in [0.5, 0.6) is 0 Å². The average Bonchev–Trinajstić information content (AvgIpc) is 1.93. The molecule has 2 heteroatoms. The zero-order chi connectivity index (χ0) is 8.27. The predicted molar refractivity (Wildman–Crippen MR) is 54.1 cm³/mol. The van der Waals surface area contributed by atoms with Gasteiger partial charge in [-0.25, -0.2) is 0 Å². The topological polar surface area (TPSA) is 17.1 Å². The summed E-state index contributed by atoms with van der Waals surface area (Å²) in [6.45, 7) is 3.64. The summed E-state index contributed by atoms with van der Waals surface area (Å²) in [5, 5.41) is 0. The molecule has 12 heavy (non-hydrogen) atoms. The summed E-state index contributed by atoms with van der Waals surface area (Å²) in [5.41, 5.74) is 2.34. The van der Waals surface area contributed by atoms with Crippen molar-refractivity contribution in [1.29, 1.82) is 0 Å². The molecule has 0 saturated carbocycles. The maximum atomic E-state index is 10.8. The molecule has 0 fully saturated rings. The van der Waals surface area contributed by atoms with Crippen molar-refractivity contribution in [2.45, 2.75) is 20.3 Å². The first-order valence-electron chi connectivity index (χ1n) is 3.74. The summed E-state index contributed by atoms with van der Waals surface area (Å²) < 4.78 is 0. The first-order valence-corrected chi connectivity index (χ1v) is 3.74. The zero-order valence-electron chi connectivity index (χ0n) is 6.92. The zero-order valence-corrected chi connectivity index (χ0v) is 6.92. The molecule has 0 unspecified atom stereocenters. The van der Waals surface area contributed by atoms with Crippen molar-refractivity contribution in [3.8, 4) is 0 Å². The minimum absolute atomic E-state index is 0. The Balaban J connectivity index is 0.00000121. The molecule has 0 heterocycles. The van der Waals surface area contributed by atoms with Crippen molar-refractivity contribution in [2.75, 3.05) is 0 Å². The average molecular weight is 159 g/mol. The van der Waals surface area contributed by atoms with E-state index in [2.05, 4.69) is 0 Å². The monoisotopic (exact) mass is 159 g/mol. The van der Waals surface area contributed by atoms with Gasteiger partial charge in [0.1, 0.15) is 5.78 Å². The van der Waals surface area contributed by atoms with E-state index in [1.165, 1.54) is 5.56 Å². The number of hydrogen-bond acceptors (Lipinski definition) is 1. The first-order chi connectivity index (χ1) is 5.20. The third kappa shape index (κ3) is 2.98. The molecule has 0 aromatic heterocycles. The molecule has 1 aromatic rings. The molecule has 0 atom stereocenters. The molecular weight excluding hydrogens is 145 g/mol. The summed E-state index contributed by atoms with van der Waals surface area (Å²) in [6.07, 6.45) is 0.562. The maximum absolute atomic E-state index is 10.8. The van der Waals surface area contributed by atoms with Crippen LogP contribution in [-0.4, -0.2) is 15.9 Å². The van der Waals surface area contributed by atoms with Crippen LogP contribution >= 0.6 is 0 Å². The Morgan fingerprint density at radius 2 is 1.92 bits per heavy atom. The second-order valence-electron chi connectivity index (χ2n) is 2.81. The van der Waals surface area contributed by atoms with Gasteiger partial charge < -0.3 is 0 Å². The van der Waals surface area contributed by atoms with E-state index in [0.29, 0.717) is 6.42 Å². The third-order valence-corrected chi connectivity index (χ3v) is 1.70. The number of rotatable bonds is 2. The SMILES string of the molecule is CC(=O)Cc1ccccc1C.[BeH2]. The van der Waals surface area contributed by atoms with Gasteiger partial charge >= 0.3 is 10.1 Å². The molecule has 1 aromatic carbocycles. The minimum atomic E-state index is 0. The second-order valence-corrected chi connectivity index (χ2v) is 2.81. The molecule has 0 amide bonds. The number of Topliss-reactive ketones (excluding diaryl/α,β-unsaturated/α-hetero) is 1. The molecule has 1 rings (SSSR count). The van der Waals surface area contributed by atoms with Gasteiger partial charge in [-0.1, -0.05) is 24.3 Å². The Bertz CT molecular complexity index is 268. The predicted octanol–water partition coefficient (Wildman–Crippen LogP) is 1.21. The van der Waals surface area contributed by atoms with Gasteiger partial charge in [-0.3, -0.25) is 4.79 Å². The van der Waals surface area contributed by atoms with Crippen LogP contribution in [0.3, 0.4) is 0 Å². The van der Waals surface area contributed by atoms with Crippen LogP contribution in [0.4, 0.5) is 0 Å². The van der Waals surface area contributed by atoms with Crippen molar-refractivity contribution in [2.24, 2.45) is 0 Å². The molecule has 0 saturated heterocycles. The standard InChI is InChI=1S/C10H12O.Be.2H/c1-8-5-3-4-6-10(8)7-9(2)11;;;/h3-6H,7H2,1-2H3;;;. The number of aryl methyl sites for hydroxylation is 1. The van der Waals surface area contributed by atoms with Crippen LogP contribution in [0.1, 0.15) is 18.1 Å². The van der Waals surface area contributed by atoms with E-state index >= 15 is 0 Å². The Kier molecular flexibility index (Phi) is 4.46. The Hall–Kier alpha value is -0.941. The molecule has 0 N–H and O–H groups in total. The first kappa shape index (κ1) is 11.1. The molecule has 1 nitrogen and oxygen atoms in total. The van der Waals surface area contributed by atoms with Crippen LogP contribution in [-0.2, 0) is 11.2 Å². The number of carbonyl (C=O) groups excluding carboxylic acids is 1. The Morgan fingerprint density at radius 1 is 1.33 bits per heavy atom. The number of carbonyl (C=O) groups is 1. The van der Waals surface area contributed by atoms with Gasteiger partial charge in [0.2, 0.25) is 0 Å². The van der Waals surface area contributed by atoms with E-state index in [-0.39, 0.29) is 15.9 Å². The quantitative estimate of drug-likeness (QED) is 0.593. The van der Waals surface area contributed by atoms with Gasteiger partial charge in [0.05, 0.1) is 0 Å². The van der Waals surface area contributed by atoms with Crippen LogP contribution in [0.25, 0.3) is 0 Å². The normalized spacial score (nSPS) is 8.83. The van der Waals surface area contributed by atoms with E-state index in [9.17, 15) is 4.79 Å². The van der Waals surface area contributed by atoms with Crippen molar-refractivity contribution >= 4 is 15.9 Å². The molecule has 0 spiro atoms. The molecule has 0 bridgehead atoms. The van der Waals surface area contributed by atoms with E-state index in [1.807, 2.05) is 31.2 Å². The third-order valence-electron chi connectivity index (χ3n) is 1.70. The molecule has 0 aliphatic rings. The fourth-order valence-corrected chi connectivity index (χ4v) is 1.08. The van der Waals surface area contributed by atoms with Crippen molar-refractivity contribution < 1.29 is 4.79 Å². The van der Waals surface area contributed by atoms with E-state index in [0.717, 1.165) is 5.56 Å². The Morgan fingerprint density at radius 3 is 2.42 bits per heavy atom. The summed E-state index contributed by atoms with van der Waals surface area (Å²) in [6, 6.07) is 7.97. The van der Waals surface area contributed by atoms with E-state index in [4.69, 9.17) is 0 Å². The fraction of sp³-hybridized carbons (Fsp3) is 0.300. The van der Waals surface area contributed by atoms with Crippen LogP contribution in [0.2, 0.25) is 0 Å². The molecule has 62 valence electrons. The summed E-state index contributed by atoms with van der Waals surface area (Å²) in [5.74, 6) is 0.222.